The number of rotatable bonds is 7. The summed E-state index contributed by atoms with van der Waals surface area (Å²) in [6, 6.07) is 22.2. The fraction of sp³-hybridized carbons (Fsp3) is 0.179. The quantitative estimate of drug-likeness (QED) is 0.189. The Morgan fingerprint density at radius 2 is 1.74 bits per heavy atom. The van der Waals surface area contributed by atoms with Crippen LogP contribution in [0, 0.1) is 0 Å². The Labute approximate surface area is 220 Å². The van der Waals surface area contributed by atoms with Crippen LogP contribution in [0.4, 0.5) is 0 Å². The van der Waals surface area contributed by atoms with Crippen molar-refractivity contribution >= 4 is 59.9 Å². The molecule has 0 unspecified atom stereocenters. The third-order valence-corrected chi connectivity index (χ3v) is 7.05. The zero-order valence-corrected chi connectivity index (χ0v) is 22.5. The molecule has 0 spiro atoms. The Morgan fingerprint density at radius 3 is 2.54 bits per heavy atom. The summed E-state index contributed by atoms with van der Waals surface area (Å²) in [7, 11) is 0. The van der Waals surface area contributed by atoms with Gasteiger partial charge in [0.1, 0.15) is 5.82 Å². The van der Waals surface area contributed by atoms with Crippen molar-refractivity contribution < 1.29 is 0 Å². The molecule has 176 valence electrons. The highest BCUT2D eigenvalue weighted by Crippen LogP contribution is 2.22. The van der Waals surface area contributed by atoms with Crippen molar-refractivity contribution in [1.82, 2.24) is 14.2 Å². The number of aryl methyl sites for hydroxylation is 1. The van der Waals surface area contributed by atoms with Gasteiger partial charge in [0.05, 0.1) is 17.1 Å². The summed E-state index contributed by atoms with van der Waals surface area (Å²) in [5.41, 5.74) is 3.83. The maximum atomic E-state index is 13.4. The Morgan fingerprint density at radius 1 is 0.971 bits per heavy atom. The van der Waals surface area contributed by atoms with Crippen molar-refractivity contribution in [1.29, 1.82) is 0 Å². The number of benzene rings is 3. The van der Waals surface area contributed by atoms with E-state index in [-0.39, 0.29) is 5.56 Å². The molecule has 35 heavy (non-hydrogen) atoms. The van der Waals surface area contributed by atoms with Gasteiger partial charge in [0.25, 0.3) is 5.56 Å². The number of aromatic nitrogens is 3. The molecule has 2 heterocycles. The minimum atomic E-state index is -0.155. The minimum Gasteiger partial charge on any atom is -0.342 e. The summed E-state index contributed by atoms with van der Waals surface area (Å²) in [6.45, 7) is 2.87. The summed E-state index contributed by atoms with van der Waals surface area (Å²) in [6.07, 6.45) is 6.53. The van der Waals surface area contributed by atoms with Crippen molar-refractivity contribution in [2.45, 2.75) is 32.7 Å². The number of halogens is 2. The molecule has 2 aromatic heterocycles. The highest BCUT2D eigenvalue weighted by atomic mass is 79.9. The third-order valence-electron chi connectivity index (χ3n) is 6.03. The first-order valence-electron chi connectivity index (χ1n) is 11.6. The predicted octanol–water partition coefficient (Wildman–Crippen LogP) is 7.15. The van der Waals surface area contributed by atoms with Gasteiger partial charge in [0.2, 0.25) is 0 Å². The Kier molecular flexibility index (Phi) is 6.97. The summed E-state index contributed by atoms with van der Waals surface area (Å²) >= 11 is 6.97. The largest absolute Gasteiger partial charge is 0.342 e. The van der Waals surface area contributed by atoms with Gasteiger partial charge in [-0.2, -0.15) is 9.78 Å². The zero-order valence-electron chi connectivity index (χ0n) is 19.3. The van der Waals surface area contributed by atoms with Crippen molar-refractivity contribution in [2.75, 3.05) is 0 Å². The van der Waals surface area contributed by atoms with Crippen molar-refractivity contribution in [3.63, 3.8) is 0 Å². The lowest BCUT2D eigenvalue weighted by atomic mass is 10.2. The van der Waals surface area contributed by atoms with Crippen LogP contribution in [0.3, 0.4) is 0 Å². The van der Waals surface area contributed by atoms with E-state index in [9.17, 15) is 4.79 Å². The highest BCUT2D eigenvalue weighted by molar-refractivity contribution is 9.10. The van der Waals surface area contributed by atoms with Gasteiger partial charge in [-0.05, 0) is 48.4 Å². The summed E-state index contributed by atoms with van der Waals surface area (Å²) in [5, 5.41) is 6.31. The molecule has 3 aromatic carbocycles. The molecule has 0 atom stereocenters. The smallest absolute Gasteiger partial charge is 0.282 e. The Hall–Kier alpha value is -3.03. The average Bonchev–Trinajstić information content (AvgIpc) is 3.21. The van der Waals surface area contributed by atoms with Gasteiger partial charge in [0, 0.05) is 44.6 Å². The first-order chi connectivity index (χ1) is 17.0. The number of para-hydroxylation sites is 1. The molecule has 7 heteroatoms. The molecule has 0 aliphatic heterocycles. The molecule has 0 N–H and O–H groups in total. The lowest BCUT2D eigenvalue weighted by Gasteiger charge is -2.09. The SMILES string of the molecule is CCCCc1nc2ccc(Br)cc2c(=O)n1N=Cc1cn(Cc2ccc(Br)cc2)c2ccccc12. The standard InChI is InChI=1S/C28H24Br2N4O/c1-2-3-8-27-32-25-14-13-22(30)15-24(25)28(35)34(27)31-16-20-18-33(26-7-5-4-6-23(20)26)17-19-9-11-21(29)12-10-19/h4-7,9-16,18H,2-3,8,17H2,1H3. The summed E-state index contributed by atoms with van der Waals surface area (Å²) in [4.78, 5) is 18.2. The number of hydrogen-bond acceptors (Lipinski definition) is 3. The van der Waals surface area contributed by atoms with Crippen molar-refractivity contribution in [2.24, 2.45) is 5.10 Å². The highest BCUT2D eigenvalue weighted by Gasteiger charge is 2.12. The molecule has 0 saturated heterocycles. The van der Waals surface area contributed by atoms with E-state index in [2.05, 4.69) is 91.0 Å². The van der Waals surface area contributed by atoms with Crippen LogP contribution in [-0.4, -0.2) is 20.4 Å². The van der Waals surface area contributed by atoms with Crippen LogP contribution in [-0.2, 0) is 13.0 Å². The molecule has 0 bridgehead atoms. The zero-order chi connectivity index (χ0) is 24.4. The second-order valence-corrected chi connectivity index (χ2v) is 10.3. The monoisotopic (exact) mass is 590 g/mol. The van der Waals surface area contributed by atoms with E-state index in [1.165, 1.54) is 10.2 Å². The topological polar surface area (TPSA) is 52.2 Å². The van der Waals surface area contributed by atoms with Gasteiger partial charge >= 0.3 is 0 Å². The maximum absolute atomic E-state index is 13.4. The van der Waals surface area contributed by atoms with E-state index in [1.807, 2.05) is 30.3 Å². The second-order valence-electron chi connectivity index (χ2n) is 8.51. The number of nitrogens with zero attached hydrogens (tertiary/aromatic N) is 4. The average molecular weight is 592 g/mol. The molecular formula is C28H24Br2N4O. The van der Waals surface area contributed by atoms with Gasteiger partial charge in [-0.25, -0.2) is 4.98 Å². The fourth-order valence-corrected chi connectivity index (χ4v) is 4.85. The Bertz CT molecular complexity index is 1600. The van der Waals surface area contributed by atoms with Crippen LogP contribution < -0.4 is 5.56 Å². The molecule has 5 rings (SSSR count). The molecular weight excluding hydrogens is 568 g/mol. The van der Waals surface area contributed by atoms with E-state index in [1.54, 1.807) is 6.21 Å². The van der Waals surface area contributed by atoms with Gasteiger partial charge < -0.3 is 4.57 Å². The third kappa shape index (κ3) is 5.02. The molecule has 0 amide bonds. The molecule has 5 aromatic rings. The molecule has 0 aliphatic rings. The van der Waals surface area contributed by atoms with Gasteiger partial charge in [0.15, 0.2) is 0 Å². The minimum absolute atomic E-state index is 0.155. The fourth-order valence-electron chi connectivity index (χ4n) is 4.23. The lowest BCUT2D eigenvalue weighted by molar-refractivity contribution is 0.675. The van der Waals surface area contributed by atoms with Crippen molar-refractivity contribution in [3.05, 3.63) is 109 Å². The summed E-state index contributed by atoms with van der Waals surface area (Å²) in [5.74, 6) is 0.682. The van der Waals surface area contributed by atoms with Crippen LogP contribution in [0.1, 0.15) is 36.7 Å². The lowest BCUT2D eigenvalue weighted by Crippen LogP contribution is -2.22. The molecule has 0 radical (unpaired) electrons. The van der Waals surface area contributed by atoms with Crippen molar-refractivity contribution in [3.8, 4) is 0 Å². The maximum Gasteiger partial charge on any atom is 0.282 e. The van der Waals surface area contributed by atoms with Gasteiger partial charge in [-0.3, -0.25) is 4.79 Å². The van der Waals surface area contributed by atoms with E-state index in [0.717, 1.165) is 44.8 Å². The predicted molar refractivity (Wildman–Crippen MR) is 150 cm³/mol. The van der Waals surface area contributed by atoms with Gasteiger partial charge in [-0.15, -0.1) is 0 Å². The molecule has 0 saturated carbocycles. The molecule has 0 aliphatic carbocycles. The van der Waals surface area contributed by atoms with Gasteiger partial charge in [-0.1, -0.05) is 75.5 Å². The molecule has 5 nitrogen and oxygen atoms in total. The number of fused-ring (bicyclic) bond motifs is 2. The number of unbranched alkanes of at least 4 members (excludes halogenated alkanes) is 1. The molecule has 0 fully saturated rings. The second kappa shape index (κ2) is 10.3. The summed E-state index contributed by atoms with van der Waals surface area (Å²) < 4.78 is 5.59. The Balaban J connectivity index is 1.59. The van der Waals surface area contributed by atoms with Crippen LogP contribution in [0.25, 0.3) is 21.8 Å². The van der Waals surface area contributed by atoms with Crippen LogP contribution in [0.5, 0.6) is 0 Å². The number of hydrogen-bond donors (Lipinski definition) is 0. The van der Waals surface area contributed by atoms with Crippen LogP contribution in [0.2, 0.25) is 0 Å². The van der Waals surface area contributed by atoms with E-state index in [4.69, 9.17) is 4.98 Å². The first kappa shape index (κ1) is 23.7. The van der Waals surface area contributed by atoms with Crippen LogP contribution >= 0.6 is 31.9 Å². The van der Waals surface area contributed by atoms with E-state index in [0.29, 0.717) is 23.1 Å². The normalized spacial score (nSPS) is 11.7. The first-order valence-corrected chi connectivity index (χ1v) is 13.2. The van der Waals surface area contributed by atoms with Crippen LogP contribution in [0.15, 0.2) is 91.8 Å². The van der Waals surface area contributed by atoms with E-state index >= 15 is 0 Å². The van der Waals surface area contributed by atoms with E-state index < -0.39 is 0 Å².